The van der Waals surface area contributed by atoms with Crippen molar-refractivity contribution in [2.75, 3.05) is 18.0 Å². The summed E-state index contributed by atoms with van der Waals surface area (Å²) in [5.74, 6) is 0.728. The van der Waals surface area contributed by atoms with Crippen LogP contribution in [0.25, 0.3) is 11.0 Å². The number of piperidine rings is 1. The number of anilines is 1. The number of rotatable bonds is 6. The molecule has 2 aromatic heterocycles. The van der Waals surface area contributed by atoms with Crippen molar-refractivity contribution < 1.29 is 9.53 Å². The predicted octanol–water partition coefficient (Wildman–Crippen LogP) is 5.50. The van der Waals surface area contributed by atoms with E-state index in [1.165, 1.54) is 0 Å². The molecule has 0 aliphatic carbocycles. The second-order valence-corrected chi connectivity index (χ2v) is 10.9. The number of hydrogen-bond acceptors (Lipinski definition) is 5. The maximum absolute atomic E-state index is 13.4. The van der Waals surface area contributed by atoms with Crippen molar-refractivity contribution in [1.82, 2.24) is 19.4 Å². The van der Waals surface area contributed by atoms with Crippen LogP contribution in [0.1, 0.15) is 50.8 Å². The van der Waals surface area contributed by atoms with Gasteiger partial charge in [-0.15, -0.1) is 0 Å². The van der Waals surface area contributed by atoms with Crippen molar-refractivity contribution >= 4 is 22.9 Å². The van der Waals surface area contributed by atoms with Gasteiger partial charge in [-0.1, -0.05) is 60.7 Å². The van der Waals surface area contributed by atoms with E-state index in [9.17, 15) is 9.59 Å². The van der Waals surface area contributed by atoms with Gasteiger partial charge in [0.15, 0.2) is 5.82 Å². The van der Waals surface area contributed by atoms with Crippen molar-refractivity contribution in [3.8, 4) is 0 Å². The zero-order chi connectivity index (χ0) is 26.7. The number of carbonyl (C=O) groups excluding carboxylic acids is 1. The fourth-order valence-corrected chi connectivity index (χ4v) is 5.11. The second kappa shape index (κ2) is 10.7. The summed E-state index contributed by atoms with van der Waals surface area (Å²) in [7, 11) is 0. The summed E-state index contributed by atoms with van der Waals surface area (Å²) in [5, 5.41) is 0. The first kappa shape index (κ1) is 25.6. The minimum atomic E-state index is -0.566. The highest BCUT2D eigenvalue weighted by molar-refractivity contribution is 5.86. The number of nitrogens with one attached hydrogen (secondary N) is 1. The quantitative estimate of drug-likeness (QED) is 0.368. The van der Waals surface area contributed by atoms with Crippen LogP contribution in [0, 0.1) is 0 Å². The molecule has 2 aromatic carbocycles. The molecule has 1 aliphatic heterocycles. The fourth-order valence-electron chi connectivity index (χ4n) is 5.11. The number of carbonyl (C=O) groups is 1. The summed E-state index contributed by atoms with van der Waals surface area (Å²) in [6, 6.07) is 22.3. The fraction of sp³-hybridized carbons (Fsp3) is 0.367. The molecule has 0 spiro atoms. The van der Waals surface area contributed by atoms with Crippen LogP contribution in [0.5, 0.6) is 0 Å². The number of nitrogens with zero attached hydrogens (tertiary/aromatic N) is 4. The summed E-state index contributed by atoms with van der Waals surface area (Å²) in [4.78, 5) is 37.9. The molecule has 3 heterocycles. The molecule has 1 saturated heterocycles. The molecule has 1 N–H and O–H groups in total. The van der Waals surface area contributed by atoms with E-state index in [-0.39, 0.29) is 17.8 Å². The van der Waals surface area contributed by atoms with Crippen molar-refractivity contribution in [3.05, 3.63) is 94.5 Å². The lowest BCUT2D eigenvalue weighted by Gasteiger charge is -2.34. The topological polar surface area (TPSA) is 83.5 Å². The highest BCUT2D eigenvalue weighted by Gasteiger charge is 2.30. The minimum Gasteiger partial charge on any atom is -0.444 e. The molecule has 38 heavy (non-hydrogen) atoms. The Balaban J connectivity index is 1.49. The Bertz CT molecular complexity index is 1400. The Hall–Kier alpha value is -4.07. The number of H-pyrrole nitrogens is 1. The van der Waals surface area contributed by atoms with Crippen LogP contribution < -0.4 is 10.6 Å². The molecule has 0 radical (unpaired) electrons. The summed E-state index contributed by atoms with van der Waals surface area (Å²) in [6.07, 6.45) is 3.03. The molecular formula is C30H35N5O3. The lowest BCUT2D eigenvalue weighted by atomic mass is 10.1. The van der Waals surface area contributed by atoms with Crippen LogP contribution in [0.15, 0.2) is 77.7 Å². The standard InChI is InChI=1S/C30H35N5O3/c1-30(2,3)38-29(37)33-18-10-15-24(21-33)35-25-16-17-31-27(26(25)32-28(35)36)34(19-22-11-6-4-7-12-22)20-23-13-8-5-9-14-23/h4-9,11-14,16-17,24H,10,15,18-21H2,1-3H3,(H,32,36). The van der Waals surface area contributed by atoms with E-state index in [1.807, 2.05) is 63.2 Å². The van der Waals surface area contributed by atoms with E-state index in [0.29, 0.717) is 31.7 Å². The molecule has 0 bridgehead atoms. The number of aromatic nitrogens is 3. The van der Waals surface area contributed by atoms with Gasteiger partial charge in [0.1, 0.15) is 11.1 Å². The van der Waals surface area contributed by atoms with Crippen molar-refractivity contribution in [3.63, 3.8) is 0 Å². The van der Waals surface area contributed by atoms with Crippen molar-refractivity contribution in [2.45, 2.75) is 58.3 Å². The Morgan fingerprint density at radius 2 is 1.66 bits per heavy atom. The number of amides is 1. The smallest absolute Gasteiger partial charge is 0.410 e. The number of ether oxygens (including phenoxy) is 1. The van der Waals surface area contributed by atoms with Gasteiger partial charge >= 0.3 is 11.8 Å². The zero-order valence-corrected chi connectivity index (χ0v) is 22.3. The SMILES string of the molecule is CC(C)(C)OC(=O)N1CCCC(n2c(=O)[nH]c3c(N(Cc4ccccc4)Cc4ccccc4)nccc32)C1. The third kappa shape index (κ3) is 5.74. The van der Waals surface area contributed by atoms with Crippen molar-refractivity contribution in [1.29, 1.82) is 0 Å². The summed E-state index contributed by atoms with van der Waals surface area (Å²) >= 11 is 0. The van der Waals surface area contributed by atoms with E-state index in [4.69, 9.17) is 9.72 Å². The number of pyridine rings is 1. The number of hydrogen-bond donors (Lipinski definition) is 1. The van der Waals surface area contributed by atoms with Gasteiger partial charge in [0.05, 0.1) is 11.6 Å². The molecule has 8 nitrogen and oxygen atoms in total. The van der Waals surface area contributed by atoms with Gasteiger partial charge in [0, 0.05) is 32.4 Å². The van der Waals surface area contributed by atoms with E-state index in [2.05, 4.69) is 34.1 Å². The molecule has 198 valence electrons. The largest absolute Gasteiger partial charge is 0.444 e. The van der Waals surface area contributed by atoms with Gasteiger partial charge in [0.2, 0.25) is 0 Å². The highest BCUT2D eigenvalue weighted by Crippen LogP contribution is 2.29. The van der Waals surface area contributed by atoms with Gasteiger partial charge in [-0.25, -0.2) is 14.6 Å². The molecule has 0 saturated carbocycles. The molecule has 8 heteroatoms. The van der Waals surface area contributed by atoms with Crippen LogP contribution in [-0.2, 0) is 17.8 Å². The predicted molar refractivity (Wildman–Crippen MR) is 149 cm³/mol. The number of imidazole rings is 1. The monoisotopic (exact) mass is 513 g/mol. The van der Waals surface area contributed by atoms with Gasteiger partial charge in [0.25, 0.3) is 0 Å². The molecule has 1 aliphatic rings. The minimum absolute atomic E-state index is 0.149. The van der Waals surface area contributed by atoms with E-state index >= 15 is 0 Å². The third-order valence-electron chi connectivity index (χ3n) is 6.76. The Kier molecular flexibility index (Phi) is 7.22. The number of fused-ring (bicyclic) bond motifs is 1. The molecule has 1 unspecified atom stereocenters. The van der Waals surface area contributed by atoms with Crippen LogP contribution >= 0.6 is 0 Å². The normalized spacial score (nSPS) is 16.0. The number of aromatic amines is 1. The summed E-state index contributed by atoms with van der Waals surface area (Å²) < 4.78 is 7.39. The molecule has 4 aromatic rings. The third-order valence-corrected chi connectivity index (χ3v) is 6.76. The molecule has 1 atom stereocenters. The number of benzene rings is 2. The van der Waals surface area contributed by atoms with E-state index in [1.54, 1.807) is 15.7 Å². The van der Waals surface area contributed by atoms with Gasteiger partial charge in [-0.2, -0.15) is 0 Å². The number of likely N-dealkylation sites (tertiary alicyclic amines) is 1. The molecule has 1 amide bonds. The first-order valence-corrected chi connectivity index (χ1v) is 13.2. The first-order valence-electron chi connectivity index (χ1n) is 13.2. The molecule has 1 fully saturated rings. The van der Waals surface area contributed by atoms with Crippen LogP contribution in [0.3, 0.4) is 0 Å². The van der Waals surface area contributed by atoms with Crippen LogP contribution in [0.2, 0.25) is 0 Å². The maximum atomic E-state index is 13.4. The van der Waals surface area contributed by atoms with Gasteiger partial charge in [-0.3, -0.25) is 4.57 Å². The van der Waals surface area contributed by atoms with E-state index < -0.39 is 5.60 Å². The average molecular weight is 514 g/mol. The van der Waals surface area contributed by atoms with Gasteiger partial charge in [-0.05, 0) is 50.8 Å². The Morgan fingerprint density at radius 3 is 2.26 bits per heavy atom. The Morgan fingerprint density at radius 1 is 1.03 bits per heavy atom. The Labute approximate surface area is 222 Å². The van der Waals surface area contributed by atoms with Crippen molar-refractivity contribution in [2.24, 2.45) is 0 Å². The van der Waals surface area contributed by atoms with E-state index in [0.717, 1.165) is 35.3 Å². The molecular weight excluding hydrogens is 478 g/mol. The first-order chi connectivity index (χ1) is 18.3. The second-order valence-electron chi connectivity index (χ2n) is 10.9. The zero-order valence-electron chi connectivity index (χ0n) is 22.3. The molecule has 5 rings (SSSR count). The maximum Gasteiger partial charge on any atom is 0.410 e. The lowest BCUT2D eigenvalue weighted by molar-refractivity contribution is 0.0173. The van der Waals surface area contributed by atoms with Crippen LogP contribution in [-0.4, -0.2) is 44.2 Å². The lowest BCUT2D eigenvalue weighted by Crippen LogP contribution is -2.44. The van der Waals surface area contributed by atoms with Gasteiger partial charge < -0.3 is 19.5 Å². The highest BCUT2D eigenvalue weighted by atomic mass is 16.6. The summed E-state index contributed by atoms with van der Waals surface area (Å²) in [5.41, 5.74) is 3.06. The summed E-state index contributed by atoms with van der Waals surface area (Å²) in [6.45, 7) is 7.93. The van der Waals surface area contributed by atoms with Crippen LogP contribution in [0.4, 0.5) is 10.6 Å². The average Bonchev–Trinajstić information content (AvgIpc) is 3.24.